The number of rotatable bonds is 7. The first-order valence-corrected chi connectivity index (χ1v) is 19.8. The van der Waals surface area contributed by atoms with Gasteiger partial charge in [-0.3, -0.25) is 0 Å². The van der Waals surface area contributed by atoms with E-state index in [1.165, 1.54) is 0 Å². The van der Waals surface area contributed by atoms with Crippen molar-refractivity contribution in [3.05, 3.63) is 0 Å². The first-order valence-electron chi connectivity index (χ1n) is 15.8. The lowest BCUT2D eigenvalue weighted by Gasteiger charge is -2.36. The van der Waals surface area contributed by atoms with E-state index in [4.69, 9.17) is 81.9 Å². The molecule has 0 aliphatic carbocycles. The van der Waals surface area contributed by atoms with Gasteiger partial charge in [0.25, 0.3) is 0 Å². The van der Waals surface area contributed by atoms with Crippen molar-refractivity contribution in [2.24, 2.45) is 0 Å². The molecule has 30 nitrogen and oxygen atoms in total. The molecule has 0 N–H and O–H groups in total. The smallest absolute Gasteiger partial charge is 0.430 e. The van der Waals surface area contributed by atoms with Gasteiger partial charge in [0.05, 0.1) is 0 Å². The van der Waals surface area contributed by atoms with Crippen molar-refractivity contribution in [3.8, 4) is 0 Å². The standard InChI is InChI=1S/C24H20O30S3/c25-18-38-2-24(3-39-18)17(47-23(30)48-24)16-9(45-22(29)46-16)11-13(52-56(33,34)50-11)15-14(53-57(35,36)54-15)12-10(49-55(31,32)51-12)8-7(43-21(28)44-8)6-5(41-20(27)42-6)4-1-37-19(26)40-4/h4-17H,1-3H2. The van der Waals surface area contributed by atoms with Gasteiger partial charge in [-0.1, -0.05) is 0 Å². The fraction of sp³-hybridized carbons (Fsp3) is 0.750. The molecule has 9 rings (SSSR count). The lowest BCUT2D eigenvalue weighted by Crippen LogP contribution is -2.61. The summed E-state index contributed by atoms with van der Waals surface area (Å²) in [5.41, 5.74) is -2.02. The van der Waals surface area contributed by atoms with E-state index in [-0.39, 0.29) is 0 Å². The molecule has 0 saturated carbocycles. The maximum atomic E-state index is 12.9. The summed E-state index contributed by atoms with van der Waals surface area (Å²) in [4.78, 5) is 72.8. The van der Waals surface area contributed by atoms with E-state index >= 15 is 0 Å². The molecular formula is C24H20O30S3. The fourth-order valence-electron chi connectivity index (χ4n) is 7.35. The van der Waals surface area contributed by atoms with Gasteiger partial charge in [-0.25, -0.2) is 53.9 Å². The van der Waals surface area contributed by atoms with Crippen molar-refractivity contribution < 1.29 is 136 Å². The topological polar surface area (TPSA) is 371 Å². The summed E-state index contributed by atoms with van der Waals surface area (Å²) >= 11 is 0. The second-order valence-corrected chi connectivity index (χ2v) is 16.4. The van der Waals surface area contributed by atoms with Gasteiger partial charge in [0.2, 0.25) is 5.60 Å². The van der Waals surface area contributed by atoms with E-state index in [2.05, 4.69) is 0 Å². The number of hydrogen-bond donors (Lipinski definition) is 0. The number of carbonyl (C=O) groups is 6. The normalized spacial score (nSPS) is 44.6. The zero-order chi connectivity index (χ0) is 40.4. The van der Waals surface area contributed by atoms with Gasteiger partial charge in [-0.05, 0) is 0 Å². The van der Waals surface area contributed by atoms with E-state index < -0.39 is 179 Å². The summed E-state index contributed by atoms with van der Waals surface area (Å²) in [5.74, 6) is 0. The molecule has 9 fully saturated rings. The Bertz CT molecular complexity index is 2130. The molecule has 9 saturated heterocycles. The number of hydrogen-bond acceptors (Lipinski definition) is 30. The molecule has 33 heteroatoms. The van der Waals surface area contributed by atoms with Gasteiger partial charge < -0.3 is 56.8 Å². The minimum Gasteiger partial charge on any atom is -0.430 e. The summed E-state index contributed by atoms with van der Waals surface area (Å²) in [7, 11) is -15.7. The van der Waals surface area contributed by atoms with Crippen molar-refractivity contribution in [3.63, 3.8) is 0 Å². The van der Waals surface area contributed by atoms with Crippen molar-refractivity contribution >= 4 is 68.1 Å². The molecule has 0 aromatic heterocycles. The van der Waals surface area contributed by atoms with Crippen LogP contribution in [0.15, 0.2) is 0 Å². The highest BCUT2D eigenvalue weighted by Gasteiger charge is 2.70. The predicted octanol–water partition coefficient (Wildman–Crippen LogP) is -3.24. The van der Waals surface area contributed by atoms with E-state index in [1.54, 1.807) is 0 Å². The second kappa shape index (κ2) is 12.9. The molecule has 314 valence electrons. The third kappa shape index (κ3) is 6.59. The van der Waals surface area contributed by atoms with E-state index in [0.717, 1.165) is 0 Å². The molecule has 9 aliphatic rings. The van der Waals surface area contributed by atoms with Crippen molar-refractivity contribution in [1.29, 1.82) is 0 Å². The maximum Gasteiger partial charge on any atom is 0.509 e. The highest BCUT2D eigenvalue weighted by molar-refractivity contribution is 7.82. The van der Waals surface area contributed by atoms with E-state index in [1.807, 2.05) is 0 Å². The summed E-state index contributed by atoms with van der Waals surface area (Å²) in [6.45, 7) is -1.95. The Morgan fingerprint density at radius 2 is 0.737 bits per heavy atom. The van der Waals surface area contributed by atoms with Crippen LogP contribution in [0.2, 0.25) is 0 Å². The first kappa shape index (κ1) is 37.8. The second-order valence-electron chi connectivity index (χ2n) is 12.8. The number of carbonyl (C=O) groups excluding carboxylic acids is 6. The van der Waals surface area contributed by atoms with Crippen molar-refractivity contribution in [2.45, 2.75) is 91.1 Å². The Labute approximate surface area is 314 Å². The molecule has 9 heterocycles. The quantitative estimate of drug-likeness (QED) is 0.179. The number of ether oxygens (including phenoxy) is 12. The van der Waals surface area contributed by atoms with Gasteiger partial charge in [-0.2, -0.15) is 25.3 Å². The predicted molar refractivity (Wildman–Crippen MR) is 149 cm³/mol. The molecular weight excluding hydrogens is 864 g/mol. The lowest BCUT2D eigenvalue weighted by molar-refractivity contribution is -0.145. The fourth-order valence-corrected chi connectivity index (χ4v) is 10.4. The van der Waals surface area contributed by atoms with Gasteiger partial charge in [0.1, 0.15) is 44.2 Å². The van der Waals surface area contributed by atoms with Crippen LogP contribution in [0.25, 0.3) is 0 Å². The van der Waals surface area contributed by atoms with Crippen LogP contribution in [0.4, 0.5) is 28.8 Å². The van der Waals surface area contributed by atoms with Crippen LogP contribution in [0.3, 0.4) is 0 Å². The third-order valence-corrected chi connectivity index (χ3v) is 12.3. The van der Waals surface area contributed by atoms with Gasteiger partial charge >= 0.3 is 68.1 Å². The summed E-state index contributed by atoms with van der Waals surface area (Å²) in [6.07, 6.45) is -36.4. The number of cyclic esters (lactones) is 11. The van der Waals surface area contributed by atoms with Gasteiger partial charge in [-0.15, -0.1) is 0 Å². The molecule has 0 radical (unpaired) electrons. The average molecular weight is 885 g/mol. The largest absolute Gasteiger partial charge is 0.509 e. The van der Waals surface area contributed by atoms with Crippen LogP contribution in [0.5, 0.6) is 0 Å². The SMILES string of the molecule is O=C1OCC2(CO1)OC(=O)OC2C1OC(=O)OC1C1OS(=O)(=O)OC1C1OS(=O)(=O)OC1C1OS(=O)(=O)OC1C1OC(=O)OC1C1OC(=O)OC1C1COC(=O)O1. The van der Waals surface area contributed by atoms with Crippen LogP contribution >= 0.6 is 0 Å². The first-order chi connectivity index (χ1) is 26.8. The van der Waals surface area contributed by atoms with Crippen LogP contribution in [0.1, 0.15) is 0 Å². The van der Waals surface area contributed by atoms with Crippen LogP contribution in [-0.2, 0) is 113 Å². The Balaban J connectivity index is 1.04. The van der Waals surface area contributed by atoms with Crippen molar-refractivity contribution in [2.75, 3.05) is 19.8 Å². The zero-order valence-corrected chi connectivity index (χ0v) is 29.6. The van der Waals surface area contributed by atoms with E-state index in [9.17, 15) is 54.0 Å². The molecule has 0 aromatic rings. The monoisotopic (exact) mass is 884 g/mol. The minimum atomic E-state index is -5.28. The molecule has 14 unspecified atom stereocenters. The zero-order valence-electron chi connectivity index (χ0n) is 27.2. The average Bonchev–Trinajstić information content (AvgIpc) is 3.98. The molecule has 57 heavy (non-hydrogen) atoms. The Kier molecular flexibility index (Phi) is 8.53. The summed E-state index contributed by atoms with van der Waals surface area (Å²) in [5, 5.41) is 0. The Morgan fingerprint density at radius 1 is 0.368 bits per heavy atom. The third-order valence-electron chi connectivity index (χ3n) is 9.50. The summed E-state index contributed by atoms with van der Waals surface area (Å²) in [6, 6.07) is 0. The minimum absolute atomic E-state index is 0.482. The van der Waals surface area contributed by atoms with Crippen molar-refractivity contribution in [1.82, 2.24) is 0 Å². The molecule has 0 amide bonds. The molecule has 0 bridgehead atoms. The highest BCUT2D eigenvalue weighted by Crippen LogP contribution is 2.45. The molecule has 14 atom stereocenters. The van der Waals surface area contributed by atoms with Crippen LogP contribution in [-0.4, -0.2) is 173 Å². The molecule has 1 spiro atoms. The lowest BCUT2D eigenvalue weighted by atomic mass is 9.86. The van der Waals surface area contributed by atoms with Gasteiger partial charge in [0, 0.05) is 0 Å². The highest BCUT2D eigenvalue weighted by atomic mass is 32.3. The van der Waals surface area contributed by atoms with Crippen LogP contribution < -0.4 is 0 Å². The molecule has 0 aromatic carbocycles. The summed E-state index contributed by atoms with van der Waals surface area (Å²) < 4.78 is 167. The Hall–Kier alpha value is -4.77. The van der Waals surface area contributed by atoms with Gasteiger partial charge in [0.15, 0.2) is 61.0 Å². The van der Waals surface area contributed by atoms with E-state index in [0.29, 0.717) is 0 Å². The van der Waals surface area contributed by atoms with Crippen LogP contribution in [0, 0.1) is 0 Å². The molecule has 9 aliphatic heterocycles. The Morgan fingerprint density at radius 3 is 1.18 bits per heavy atom. The maximum absolute atomic E-state index is 12.9.